The van der Waals surface area contributed by atoms with Crippen molar-refractivity contribution in [2.45, 2.75) is 51.6 Å². The molecule has 2 rings (SSSR count). The van der Waals surface area contributed by atoms with Crippen LogP contribution in [0.1, 0.15) is 54.0 Å². The molecular weight excluding hydrogens is 230 g/mol. The van der Waals surface area contributed by atoms with Crippen molar-refractivity contribution in [2.75, 3.05) is 6.54 Å². The van der Waals surface area contributed by atoms with Crippen LogP contribution in [-0.2, 0) is 12.8 Å². The topological polar surface area (TPSA) is 46.2 Å². The molecule has 1 aromatic heterocycles. The van der Waals surface area contributed by atoms with E-state index < -0.39 is 0 Å². The zero-order chi connectivity index (χ0) is 12.3. The molecule has 2 unspecified atom stereocenters. The molecule has 0 spiro atoms. The second-order valence-electron chi connectivity index (χ2n) is 5.03. The van der Waals surface area contributed by atoms with Gasteiger partial charge in [-0.2, -0.15) is 0 Å². The molecule has 2 atom stereocenters. The maximum atomic E-state index is 10.4. The van der Waals surface area contributed by atoms with Gasteiger partial charge in [-0.15, -0.1) is 11.3 Å². The van der Waals surface area contributed by atoms with Crippen molar-refractivity contribution in [1.82, 2.24) is 0 Å². The predicted molar refractivity (Wildman–Crippen MR) is 73.4 cm³/mol. The highest BCUT2D eigenvalue weighted by Gasteiger charge is 2.23. The van der Waals surface area contributed by atoms with E-state index in [-0.39, 0.29) is 12.0 Å². The second-order valence-corrected chi connectivity index (χ2v) is 6.20. The Hall–Kier alpha value is -0.380. The van der Waals surface area contributed by atoms with Gasteiger partial charge in [-0.3, -0.25) is 0 Å². The lowest BCUT2D eigenvalue weighted by Gasteiger charge is -2.19. The molecular formula is C14H23NOS. The lowest BCUT2D eigenvalue weighted by Crippen LogP contribution is -2.21. The highest BCUT2D eigenvalue weighted by molar-refractivity contribution is 7.12. The molecule has 1 aliphatic rings. The van der Waals surface area contributed by atoms with Gasteiger partial charge in [0.15, 0.2) is 0 Å². The summed E-state index contributed by atoms with van der Waals surface area (Å²) < 4.78 is 0. The van der Waals surface area contributed by atoms with Crippen LogP contribution in [0.3, 0.4) is 0 Å². The number of fused-ring (bicyclic) bond motifs is 1. The van der Waals surface area contributed by atoms with Gasteiger partial charge in [-0.25, -0.2) is 0 Å². The number of hydrogen-bond donors (Lipinski definition) is 2. The first kappa shape index (κ1) is 13.1. The zero-order valence-electron chi connectivity index (χ0n) is 10.6. The first-order valence-corrected chi connectivity index (χ1v) is 7.57. The van der Waals surface area contributed by atoms with E-state index in [9.17, 15) is 5.11 Å². The van der Waals surface area contributed by atoms with Gasteiger partial charge in [0.25, 0.3) is 0 Å². The molecule has 1 heterocycles. The number of aliphatic hydroxyl groups excluding tert-OH is 1. The van der Waals surface area contributed by atoms with Crippen LogP contribution < -0.4 is 5.73 Å². The van der Waals surface area contributed by atoms with Crippen molar-refractivity contribution in [1.29, 1.82) is 0 Å². The van der Waals surface area contributed by atoms with Gasteiger partial charge in [-0.05, 0) is 50.3 Å². The van der Waals surface area contributed by atoms with Crippen LogP contribution in [0.25, 0.3) is 0 Å². The Bertz CT molecular complexity index is 338. The first-order chi connectivity index (χ1) is 8.26. The van der Waals surface area contributed by atoms with Crippen LogP contribution in [0.4, 0.5) is 0 Å². The standard InChI is InChI=1S/C14H23NOS/c1-2-5-11(9-15)14(16)13-8-10-6-3-4-7-12(10)17-13/h8,11,14,16H,2-7,9,15H2,1H3. The van der Waals surface area contributed by atoms with E-state index in [1.807, 2.05) is 11.3 Å². The predicted octanol–water partition coefficient (Wildman–Crippen LogP) is 3.04. The molecule has 0 fully saturated rings. The number of rotatable bonds is 5. The van der Waals surface area contributed by atoms with Crippen LogP contribution in [-0.4, -0.2) is 11.7 Å². The van der Waals surface area contributed by atoms with Crippen LogP contribution in [0.15, 0.2) is 6.07 Å². The van der Waals surface area contributed by atoms with E-state index in [0.717, 1.165) is 17.7 Å². The minimum atomic E-state index is -0.351. The lowest BCUT2D eigenvalue weighted by molar-refractivity contribution is 0.110. The number of hydrogen-bond acceptors (Lipinski definition) is 3. The summed E-state index contributed by atoms with van der Waals surface area (Å²) in [5.74, 6) is 0.222. The smallest absolute Gasteiger partial charge is 0.0922 e. The zero-order valence-corrected chi connectivity index (χ0v) is 11.4. The fourth-order valence-electron chi connectivity index (χ4n) is 2.67. The SMILES string of the molecule is CCCC(CN)C(O)c1cc2c(s1)CCCC2. The molecule has 2 nitrogen and oxygen atoms in total. The Morgan fingerprint density at radius 3 is 2.82 bits per heavy atom. The van der Waals surface area contributed by atoms with Gasteiger partial charge in [-0.1, -0.05) is 13.3 Å². The molecule has 0 radical (unpaired) electrons. The Morgan fingerprint density at radius 2 is 2.18 bits per heavy atom. The second kappa shape index (κ2) is 5.98. The van der Waals surface area contributed by atoms with E-state index in [1.165, 1.54) is 36.1 Å². The number of thiophene rings is 1. The van der Waals surface area contributed by atoms with Gasteiger partial charge in [0.1, 0.15) is 0 Å². The third kappa shape index (κ3) is 2.90. The summed E-state index contributed by atoms with van der Waals surface area (Å²) in [5.41, 5.74) is 7.24. The molecule has 0 aliphatic heterocycles. The van der Waals surface area contributed by atoms with Crippen LogP contribution in [0, 0.1) is 5.92 Å². The molecule has 3 heteroatoms. The minimum Gasteiger partial charge on any atom is -0.387 e. The average molecular weight is 253 g/mol. The van der Waals surface area contributed by atoms with Gasteiger partial charge in [0.05, 0.1) is 6.10 Å². The fraction of sp³-hybridized carbons (Fsp3) is 0.714. The lowest BCUT2D eigenvalue weighted by atomic mass is 9.94. The Kier molecular flexibility index (Phi) is 4.60. The van der Waals surface area contributed by atoms with E-state index in [4.69, 9.17) is 5.73 Å². The van der Waals surface area contributed by atoms with Gasteiger partial charge in [0, 0.05) is 15.7 Å². The molecule has 1 aromatic rings. The number of aryl methyl sites for hydroxylation is 2. The highest BCUT2D eigenvalue weighted by Crippen LogP contribution is 2.36. The monoisotopic (exact) mass is 253 g/mol. The molecule has 96 valence electrons. The summed E-state index contributed by atoms with van der Waals surface area (Å²) in [5, 5.41) is 10.4. The number of aliphatic hydroxyl groups is 1. The van der Waals surface area contributed by atoms with Gasteiger partial charge >= 0.3 is 0 Å². The first-order valence-electron chi connectivity index (χ1n) is 6.75. The van der Waals surface area contributed by atoms with E-state index in [0.29, 0.717) is 6.54 Å². The van der Waals surface area contributed by atoms with Crippen molar-refractivity contribution in [2.24, 2.45) is 11.7 Å². The molecule has 0 bridgehead atoms. The van der Waals surface area contributed by atoms with Crippen molar-refractivity contribution in [3.05, 3.63) is 21.4 Å². The minimum absolute atomic E-state index is 0.222. The molecule has 3 N–H and O–H groups in total. The van der Waals surface area contributed by atoms with Crippen LogP contribution >= 0.6 is 11.3 Å². The van der Waals surface area contributed by atoms with Gasteiger partial charge in [0.2, 0.25) is 0 Å². The molecule has 0 saturated carbocycles. The summed E-state index contributed by atoms with van der Waals surface area (Å²) in [4.78, 5) is 2.64. The number of nitrogens with two attached hydrogens (primary N) is 1. The summed E-state index contributed by atoms with van der Waals surface area (Å²) in [6.07, 6.45) is 6.75. The highest BCUT2D eigenvalue weighted by atomic mass is 32.1. The van der Waals surface area contributed by atoms with Gasteiger partial charge < -0.3 is 10.8 Å². The summed E-state index contributed by atoms with van der Waals surface area (Å²) >= 11 is 1.81. The Labute approximate surface area is 108 Å². The van der Waals surface area contributed by atoms with Crippen molar-refractivity contribution in [3.8, 4) is 0 Å². The molecule has 0 saturated heterocycles. The third-order valence-electron chi connectivity index (χ3n) is 3.72. The quantitative estimate of drug-likeness (QED) is 0.847. The van der Waals surface area contributed by atoms with E-state index in [2.05, 4.69) is 13.0 Å². The summed E-state index contributed by atoms with van der Waals surface area (Å²) in [6.45, 7) is 2.73. The largest absolute Gasteiger partial charge is 0.387 e. The Balaban J connectivity index is 2.12. The molecule has 1 aliphatic carbocycles. The summed E-state index contributed by atoms with van der Waals surface area (Å²) in [7, 11) is 0. The normalized spacial score (nSPS) is 18.8. The van der Waals surface area contributed by atoms with E-state index in [1.54, 1.807) is 0 Å². The summed E-state index contributed by atoms with van der Waals surface area (Å²) in [6, 6.07) is 2.22. The molecule has 0 aromatic carbocycles. The maximum Gasteiger partial charge on any atom is 0.0922 e. The fourth-order valence-corrected chi connectivity index (χ4v) is 4.00. The van der Waals surface area contributed by atoms with Crippen LogP contribution in [0.5, 0.6) is 0 Å². The van der Waals surface area contributed by atoms with Crippen molar-refractivity contribution >= 4 is 11.3 Å². The average Bonchev–Trinajstić information content (AvgIpc) is 2.78. The van der Waals surface area contributed by atoms with Crippen LogP contribution in [0.2, 0.25) is 0 Å². The van der Waals surface area contributed by atoms with E-state index >= 15 is 0 Å². The molecule has 17 heavy (non-hydrogen) atoms. The van der Waals surface area contributed by atoms with Crippen molar-refractivity contribution in [3.63, 3.8) is 0 Å². The third-order valence-corrected chi connectivity index (χ3v) is 5.02. The van der Waals surface area contributed by atoms with Crippen molar-refractivity contribution < 1.29 is 5.11 Å². The molecule has 0 amide bonds. The maximum absolute atomic E-state index is 10.4. The Morgan fingerprint density at radius 1 is 1.41 bits per heavy atom.